The van der Waals surface area contributed by atoms with Gasteiger partial charge in [-0.3, -0.25) is 0 Å². The molecule has 0 saturated heterocycles. The maximum absolute atomic E-state index is 6.00. The third-order valence-electron chi connectivity index (χ3n) is 6.84. The van der Waals surface area contributed by atoms with Crippen molar-refractivity contribution < 1.29 is 0 Å². The van der Waals surface area contributed by atoms with Crippen LogP contribution in [0.3, 0.4) is 0 Å². The molecule has 1 atom stereocenters. The largest absolute Gasteiger partial charge is 0.365 e. The summed E-state index contributed by atoms with van der Waals surface area (Å²) < 4.78 is 0. The summed E-state index contributed by atoms with van der Waals surface area (Å²) in [5.41, 5.74) is 0. The predicted molar refractivity (Wildman–Crippen MR) is 187 cm³/mol. The molecule has 0 aliphatic rings. The summed E-state index contributed by atoms with van der Waals surface area (Å²) >= 11 is 29.3. The molecule has 0 saturated carbocycles. The molecule has 8 heteroatoms. The molecule has 0 N–H and O–H groups in total. The molecule has 2 nitrogen and oxygen atoms in total. The number of unbranched alkanes of at least 4 members (excludes halogenated alkanes) is 11. The van der Waals surface area contributed by atoms with E-state index in [1.807, 2.05) is 0 Å². The maximum atomic E-state index is 6.00. The summed E-state index contributed by atoms with van der Waals surface area (Å²) in [6, 6.07) is 0. The molecule has 0 rings (SSSR count). The van der Waals surface area contributed by atoms with Crippen molar-refractivity contribution in [3.05, 3.63) is 0 Å². The Morgan fingerprint density at radius 3 is 1.39 bits per heavy atom. The average Bonchev–Trinajstić information content (AvgIpc) is 2.87. The van der Waals surface area contributed by atoms with Crippen molar-refractivity contribution >= 4 is 84.9 Å². The van der Waals surface area contributed by atoms with E-state index < -0.39 is 0 Å². The summed E-state index contributed by atoms with van der Waals surface area (Å²) in [7, 11) is 0. The number of thiol groups is 4. The van der Waals surface area contributed by atoms with E-state index in [0.29, 0.717) is 5.92 Å². The third-order valence-corrected chi connectivity index (χ3v) is 8.70. The first kappa shape index (κ1) is 37.2. The fourth-order valence-corrected chi connectivity index (χ4v) is 6.42. The van der Waals surface area contributed by atoms with Crippen LogP contribution in [0.15, 0.2) is 0 Å². The van der Waals surface area contributed by atoms with Crippen LogP contribution >= 0.6 is 75.0 Å². The van der Waals surface area contributed by atoms with Gasteiger partial charge in [-0.05, 0) is 25.7 Å². The molecule has 214 valence electrons. The summed E-state index contributed by atoms with van der Waals surface area (Å²) in [5.74, 6) is 3.95. The van der Waals surface area contributed by atoms with Crippen molar-refractivity contribution in [1.82, 2.24) is 9.80 Å². The van der Waals surface area contributed by atoms with Crippen LogP contribution in [0, 0.1) is 5.92 Å². The molecular weight excluding hydrogens is 557 g/mol. The van der Waals surface area contributed by atoms with E-state index in [1.54, 1.807) is 0 Å². The van der Waals surface area contributed by atoms with Gasteiger partial charge in [-0.15, -0.1) is 0 Å². The maximum Gasteiger partial charge on any atom is 0.0811 e. The van der Waals surface area contributed by atoms with Crippen LogP contribution in [0.25, 0.3) is 0 Å². The zero-order valence-electron chi connectivity index (χ0n) is 23.0. The number of hydrogen-bond acceptors (Lipinski definition) is 6. The van der Waals surface area contributed by atoms with Crippen LogP contribution in [0.4, 0.5) is 0 Å². The van der Waals surface area contributed by atoms with E-state index in [-0.39, 0.29) is 0 Å². The van der Waals surface area contributed by atoms with Crippen molar-refractivity contribution in [3.63, 3.8) is 0 Å². The lowest BCUT2D eigenvalue weighted by Crippen LogP contribution is -2.37. The molecule has 0 spiro atoms. The summed E-state index contributed by atoms with van der Waals surface area (Å²) in [4.78, 5) is 6.91. The number of rotatable bonds is 26. The Labute approximate surface area is 257 Å². The van der Waals surface area contributed by atoms with Gasteiger partial charge in [-0.2, -0.15) is 50.5 Å². The van der Waals surface area contributed by atoms with Crippen LogP contribution in [0.1, 0.15) is 110 Å². The highest BCUT2D eigenvalue weighted by Gasteiger charge is 2.19. The van der Waals surface area contributed by atoms with Gasteiger partial charge in [0.15, 0.2) is 0 Å². The zero-order chi connectivity index (χ0) is 26.9. The van der Waals surface area contributed by atoms with Crippen LogP contribution in [0.2, 0.25) is 0 Å². The predicted octanol–water partition coefficient (Wildman–Crippen LogP) is 8.84. The first-order chi connectivity index (χ1) is 17.5. The Morgan fingerprint density at radius 2 is 0.944 bits per heavy atom. The minimum absolute atomic E-state index is 0.546. The van der Waals surface area contributed by atoms with Crippen LogP contribution in [-0.2, 0) is 0 Å². The van der Waals surface area contributed by atoms with E-state index in [1.165, 1.54) is 101 Å². The van der Waals surface area contributed by atoms with Gasteiger partial charge in [0.25, 0.3) is 0 Å². The summed E-state index contributed by atoms with van der Waals surface area (Å²) in [6.07, 6.45) is 20.7. The van der Waals surface area contributed by atoms with Crippen molar-refractivity contribution in [2.24, 2.45) is 5.92 Å². The fraction of sp³-hybridized carbons (Fsp3) is 0.929. The van der Waals surface area contributed by atoms with Gasteiger partial charge in [0, 0.05) is 55.1 Å². The molecule has 36 heavy (non-hydrogen) atoms. The van der Waals surface area contributed by atoms with Gasteiger partial charge in [0.2, 0.25) is 0 Å². The fourth-order valence-electron chi connectivity index (χ4n) is 4.71. The van der Waals surface area contributed by atoms with E-state index in [4.69, 9.17) is 24.4 Å². The van der Waals surface area contributed by atoms with Crippen LogP contribution < -0.4 is 0 Å². The highest BCUT2D eigenvalue weighted by Crippen LogP contribution is 2.23. The van der Waals surface area contributed by atoms with Gasteiger partial charge < -0.3 is 9.80 Å². The van der Waals surface area contributed by atoms with Crippen molar-refractivity contribution in [1.29, 1.82) is 0 Å². The van der Waals surface area contributed by atoms with E-state index in [9.17, 15) is 0 Å². The molecule has 1 unspecified atom stereocenters. The van der Waals surface area contributed by atoms with Gasteiger partial charge in [0.1, 0.15) is 0 Å². The van der Waals surface area contributed by atoms with Gasteiger partial charge >= 0.3 is 0 Å². The standard InChI is InChI=1S/C28H56N2S6/c1-2-3-4-5-9-12-15-26(28(36)30(20-24-33)21-25-34)16-13-10-7-6-8-11-14-17-27(35)29(18-22-31)19-23-32/h26,31-34H,2-25H2,1H3. The second-order valence-electron chi connectivity index (χ2n) is 9.87. The van der Waals surface area contributed by atoms with Gasteiger partial charge in [0.05, 0.1) is 9.98 Å². The Balaban J connectivity index is 4.26. The second-order valence-corrected chi connectivity index (χ2v) is 12.5. The lowest BCUT2D eigenvalue weighted by Gasteiger charge is -2.30. The molecule has 0 aromatic carbocycles. The van der Waals surface area contributed by atoms with E-state index >= 15 is 0 Å². The van der Waals surface area contributed by atoms with Crippen LogP contribution in [-0.4, -0.2) is 69.0 Å². The molecular formula is C28H56N2S6. The Kier molecular flexibility index (Phi) is 28.6. The SMILES string of the molecule is CCCCCCCCC(CCCCCCCCCC(=S)N(CCS)CCS)C(=S)N(CCS)CCS. The Morgan fingerprint density at radius 1 is 0.556 bits per heavy atom. The lowest BCUT2D eigenvalue weighted by atomic mass is 9.93. The average molecular weight is 613 g/mol. The second kappa shape index (κ2) is 27.7. The molecule has 0 heterocycles. The molecule has 0 fully saturated rings. The number of thiocarbonyl (C=S) groups is 2. The highest BCUT2D eigenvalue weighted by atomic mass is 32.1. The van der Waals surface area contributed by atoms with Crippen LogP contribution in [0.5, 0.6) is 0 Å². The molecule has 0 amide bonds. The molecule has 0 aliphatic heterocycles. The topological polar surface area (TPSA) is 6.48 Å². The Hall–Kier alpha value is 1.18. The first-order valence-corrected chi connectivity index (χ1v) is 17.9. The Bertz CT molecular complexity index is 508. The zero-order valence-corrected chi connectivity index (χ0v) is 28.3. The van der Waals surface area contributed by atoms with Gasteiger partial charge in [-0.25, -0.2) is 0 Å². The molecule has 0 radical (unpaired) electrons. The summed E-state index contributed by atoms with van der Waals surface area (Å²) in [6.45, 7) is 6.05. The lowest BCUT2D eigenvalue weighted by molar-refractivity contribution is 0.411. The normalized spacial score (nSPS) is 12.0. The number of hydrogen-bond donors (Lipinski definition) is 4. The number of nitrogens with zero attached hydrogens (tertiary/aromatic N) is 2. The smallest absolute Gasteiger partial charge is 0.0811 e. The minimum Gasteiger partial charge on any atom is -0.365 e. The molecule has 0 aromatic heterocycles. The van der Waals surface area contributed by atoms with Crippen molar-refractivity contribution in [3.8, 4) is 0 Å². The van der Waals surface area contributed by atoms with Crippen molar-refractivity contribution in [2.45, 2.75) is 110 Å². The molecule has 0 aromatic rings. The first-order valence-electron chi connectivity index (χ1n) is 14.6. The molecule has 0 bridgehead atoms. The van der Waals surface area contributed by atoms with E-state index in [0.717, 1.165) is 60.6 Å². The van der Waals surface area contributed by atoms with Gasteiger partial charge in [-0.1, -0.05) is 108 Å². The third kappa shape index (κ3) is 20.1. The monoisotopic (exact) mass is 612 g/mol. The quantitative estimate of drug-likeness (QED) is 0.0440. The summed E-state index contributed by atoms with van der Waals surface area (Å²) in [5, 5.41) is 0. The minimum atomic E-state index is 0.546. The highest BCUT2D eigenvalue weighted by molar-refractivity contribution is 7.81. The molecule has 0 aliphatic carbocycles. The van der Waals surface area contributed by atoms with Crippen molar-refractivity contribution in [2.75, 3.05) is 49.2 Å². The van der Waals surface area contributed by atoms with E-state index in [2.05, 4.69) is 67.2 Å².